The summed E-state index contributed by atoms with van der Waals surface area (Å²) < 4.78 is 4.75. The van der Waals surface area contributed by atoms with E-state index in [0.717, 1.165) is 65.3 Å². The second-order valence-corrected chi connectivity index (χ2v) is 13.5. The van der Waals surface area contributed by atoms with Crippen LogP contribution in [0.4, 0.5) is 9.59 Å². The van der Waals surface area contributed by atoms with E-state index < -0.39 is 18.2 Å². The Kier molecular flexibility index (Phi) is 11.1. The number of benzene rings is 2. The lowest BCUT2D eigenvalue weighted by Crippen LogP contribution is -2.51. The number of likely N-dealkylation sites (tertiary alicyclic amines) is 2. The molecule has 3 atom stereocenters. The molecular formula is C37H46N10O5. The summed E-state index contributed by atoms with van der Waals surface area (Å²) in [6, 6.07) is 15.6. The molecule has 4 heterocycles. The summed E-state index contributed by atoms with van der Waals surface area (Å²) in [5.41, 5.74) is 12.3. The van der Waals surface area contributed by atoms with Gasteiger partial charge in [0.1, 0.15) is 17.7 Å². The number of piperidine rings is 1. The number of carboxylic acid groups (broad SMARTS) is 1. The Morgan fingerprint density at radius 2 is 1.58 bits per heavy atom. The van der Waals surface area contributed by atoms with Crippen LogP contribution in [-0.2, 0) is 16.1 Å². The first-order valence-electron chi connectivity index (χ1n) is 17.6. The van der Waals surface area contributed by atoms with Crippen molar-refractivity contribution in [3.8, 4) is 33.6 Å². The number of aromatic amines is 2. The number of nitrogens with one attached hydrogen (secondary N) is 4. The smallest absolute Gasteiger partial charge is 0.407 e. The molecule has 2 aliphatic rings. The van der Waals surface area contributed by atoms with Gasteiger partial charge >= 0.3 is 12.2 Å². The van der Waals surface area contributed by atoms with Crippen molar-refractivity contribution in [3.05, 3.63) is 72.6 Å². The van der Waals surface area contributed by atoms with Gasteiger partial charge < -0.3 is 46.0 Å². The van der Waals surface area contributed by atoms with E-state index >= 15 is 0 Å². The standard InChI is InChI=1S/C37H46N10O5/c1-22(2)28(45-37(51)52-3)18-41-35(38)47-17-5-7-31(47)33-40-20-30(43-33)26-14-10-24(11-15-26)23-8-12-25(13-9-23)29-19-39-32(42-29)21-46-16-4-6-27(34(46)48)44-36(49)50/h8-15,19-20,22,27-28,31,44H,4-7,16-18,21H2,1-3H3,(H2,38,41)(H,39,42)(H,40,43)(H,45,51)(H,49,50)/t27-,28?,31?/m0/s1. The van der Waals surface area contributed by atoms with E-state index in [2.05, 4.69) is 71.9 Å². The third kappa shape index (κ3) is 8.36. The van der Waals surface area contributed by atoms with Gasteiger partial charge in [-0.25, -0.2) is 19.6 Å². The lowest BCUT2D eigenvalue weighted by atomic mass is 10.0. The van der Waals surface area contributed by atoms with Crippen LogP contribution in [0.15, 0.2) is 65.9 Å². The van der Waals surface area contributed by atoms with Gasteiger partial charge in [0, 0.05) is 13.1 Å². The van der Waals surface area contributed by atoms with Crippen molar-refractivity contribution in [2.75, 3.05) is 26.7 Å². The molecular weight excluding hydrogens is 664 g/mol. The Morgan fingerprint density at radius 3 is 2.21 bits per heavy atom. The number of alkyl carbamates (subject to hydrolysis) is 1. The molecule has 0 radical (unpaired) electrons. The largest absolute Gasteiger partial charge is 0.465 e. The quantitative estimate of drug-likeness (QED) is 0.0939. The monoisotopic (exact) mass is 710 g/mol. The maximum Gasteiger partial charge on any atom is 0.407 e. The van der Waals surface area contributed by atoms with Crippen molar-refractivity contribution in [1.29, 1.82) is 0 Å². The molecule has 3 amide bonds. The van der Waals surface area contributed by atoms with E-state index in [0.29, 0.717) is 31.3 Å². The number of imidazole rings is 2. The van der Waals surface area contributed by atoms with Crippen LogP contribution in [0.1, 0.15) is 57.2 Å². The lowest BCUT2D eigenvalue weighted by Gasteiger charge is -2.31. The fraction of sp³-hybridized carbons (Fsp3) is 0.405. The normalized spacial score (nSPS) is 18.5. The van der Waals surface area contributed by atoms with E-state index in [1.54, 1.807) is 11.1 Å². The van der Waals surface area contributed by atoms with Gasteiger partial charge in [0.2, 0.25) is 5.91 Å². The minimum atomic E-state index is -1.20. The van der Waals surface area contributed by atoms with E-state index in [9.17, 15) is 14.4 Å². The van der Waals surface area contributed by atoms with Gasteiger partial charge in [-0.3, -0.25) is 9.79 Å². The zero-order valence-electron chi connectivity index (χ0n) is 29.6. The van der Waals surface area contributed by atoms with Crippen LogP contribution < -0.4 is 16.4 Å². The molecule has 274 valence electrons. The van der Waals surface area contributed by atoms with Gasteiger partial charge in [0.05, 0.1) is 56.1 Å². The Balaban J connectivity index is 1.07. The highest BCUT2D eigenvalue weighted by molar-refractivity contribution is 5.86. The predicted octanol–water partition coefficient (Wildman–Crippen LogP) is 4.72. The van der Waals surface area contributed by atoms with Crippen LogP contribution in [0.5, 0.6) is 0 Å². The zero-order chi connectivity index (χ0) is 36.8. The van der Waals surface area contributed by atoms with Gasteiger partial charge in [-0.15, -0.1) is 0 Å². The van der Waals surface area contributed by atoms with E-state index in [1.807, 2.05) is 32.2 Å². The van der Waals surface area contributed by atoms with Crippen LogP contribution in [0.2, 0.25) is 0 Å². The molecule has 2 aromatic heterocycles. The molecule has 7 N–H and O–H groups in total. The van der Waals surface area contributed by atoms with Crippen molar-refractivity contribution in [3.63, 3.8) is 0 Å². The molecule has 0 bridgehead atoms. The molecule has 4 aromatic rings. The maximum absolute atomic E-state index is 12.7. The van der Waals surface area contributed by atoms with Gasteiger partial charge in [-0.2, -0.15) is 0 Å². The number of guanidine groups is 1. The van der Waals surface area contributed by atoms with Crippen molar-refractivity contribution in [2.24, 2.45) is 16.6 Å². The average molecular weight is 711 g/mol. The number of nitrogens with zero attached hydrogens (tertiary/aromatic N) is 5. The number of carbonyl (C=O) groups excluding carboxylic acids is 2. The number of ether oxygens (including phenoxy) is 1. The Morgan fingerprint density at radius 1 is 0.962 bits per heavy atom. The molecule has 2 aliphatic heterocycles. The number of aliphatic imine (C=N–C) groups is 1. The zero-order valence-corrected chi connectivity index (χ0v) is 29.6. The first kappa shape index (κ1) is 35.9. The Hall–Kier alpha value is -5.86. The maximum atomic E-state index is 12.7. The molecule has 0 saturated carbocycles. The van der Waals surface area contributed by atoms with Gasteiger partial charge in [0.15, 0.2) is 5.96 Å². The minimum Gasteiger partial charge on any atom is -0.465 e. The summed E-state index contributed by atoms with van der Waals surface area (Å²) in [5.74, 6) is 1.84. The summed E-state index contributed by atoms with van der Waals surface area (Å²) in [5, 5.41) is 14.2. The number of rotatable bonds is 11. The highest BCUT2D eigenvalue weighted by Gasteiger charge is 2.31. The van der Waals surface area contributed by atoms with Gasteiger partial charge in [-0.05, 0) is 53.9 Å². The van der Waals surface area contributed by atoms with Crippen LogP contribution in [0.25, 0.3) is 33.6 Å². The summed E-state index contributed by atoms with van der Waals surface area (Å²) >= 11 is 0. The second-order valence-electron chi connectivity index (χ2n) is 13.5. The van der Waals surface area contributed by atoms with Crippen molar-refractivity contribution in [1.82, 2.24) is 40.4 Å². The molecule has 52 heavy (non-hydrogen) atoms. The number of methoxy groups -OCH3 is 1. The average Bonchev–Trinajstić information content (AvgIpc) is 3.93. The molecule has 15 heteroatoms. The summed E-state index contributed by atoms with van der Waals surface area (Å²) in [4.78, 5) is 59.9. The van der Waals surface area contributed by atoms with E-state index in [1.165, 1.54) is 7.11 Å². The third-order valence-electron chi connectivity index (χ3n) is 9.72. The molecule has 15 nitrogen and oxygen atoms in total. The summed E-state index contributed by atoms with van der Waals surface area (Å²) in [7, 11) is 1.34. The molecule has 6 rings (SSSR count). The molecule has 0 spiro atoms. The Labute approximate surface area is 302 Å². The number of nitrogens with two attached hydrogens (primary N) is 1. The van der Waals surface area contributed by atoms with Crippen LogP contribution >= 0.6 is 0 Å². The molecule has 0 aliphatic carbocycles. The fourth-order valence-electron chi connectivity index (χ4n) is 6.73. The minimum absolute atomic E-state index is 0.0203. The predicted molar refractivity (Wildman–Crippen MR) is 196 cm³/mol. The van der Waals surface area contributed by atoms with Crippen molar-refractivity contribution >= 4 is 24.1 Å². The first-order chi connectivity index (χ1) is 25.1. The van der Waals surface area contributed by atoms with Crippen molar-refractivity contribution in [2.45, 2.75) is 64.2 Å². The van der Waals surface area contributed by atoms with Gasteiger partial charge in [0.25, 0.3) is 0 Å². The number of H-pyrrole nitrogens is 2. The molecule has 2 saturated heterocycles. The number of hydrogen-bond acceptors (Lipinski definition) is 7. The second kappa shape index (κ2) is 16.0. The van der Waals surface area contributed by atoms with E-state index in [-0.39, 0.29) is 30.5 Å². The van der Waals surface area contributed by atoms with Crippen LogP contribution in [0, 0.1) is 5.92 Å². The number of carbonyl (C=O) groups is 3. The fourth-order valence-corrected chi connectivity index (χ4v) is 6.73. The number of aromatic nitrogens is 4. The van der Waals surface area contributed by atoms with Gasteiger partial charge in [-0.1, -0.05) is 62.4 Å². The topological polar surface area (TPSA) is 207 Å². The Bertz CT molecular complexity index is 1880. The SMILES string of the molecule is COC(=O)NC(CN=C(N)N1CCCC1c1ncc(-c2ccc(-c3ccc(-c4cnc(CN5CCC[C@H](NC(=O)O)C5=O)[nH]4)cc3)cc2)[nH]1)C(C)C. The molecule has 2 aromatic carbocycles. The number of amides is 3. The first-order valence-corrected chi connectivity index (χ1v) is 17.6. The summed E-state index contributed by atoms with van der Waals surface area (Å²) in [6.45, 7) is 6.00. The highest BCUT2D eigenvalue weighted by atomic mass is 16.5. The third-order valence-corrected chi connectivity index (χ3v) is 9.72. The summed E-state index contributed by atoms with van der Waals surface area (Å²) in [6.07, 6.45) is 5.00. The van der Waals surface area contributed by atoms with Crippen LogP contribution in [0.3, 0.4) is 0 Å². The van der Waals surface area contributed by atoms with Crippen molar-refractivity contribution < 1.29 is 24.2 Å². The number of hydrogen-bond donors (Lipinski definition) is 6. The highest BCUT2D eigenvalue weighted by Crippen LogP contribution is 2.32. The molecule has 2 fully saturated rings. The lowest BCUT2D eigenvalue weighted by molar-refractivity contribution is -0.136. The van der Waals surface area contributed by atoms with Crippen LogP contribution in [-0.4, -0.2) is 97.7 Å². The van der Waals surface area contributed by atoms with E-state index in [4.69, 9.17) is 20.6 Å². The molecule has 2 unspecified atom stereocenters.